The summed E-state index contributed by atoms with van der Waals surface area (Å²) in [6.45, 7) is 4.30. The summed E-state index contributed by atoms with van der Waals surface area (Å²) >= 11 is 0. The van der Waals surface area contributed by atoms with Crippen molar-refractivity contribution >= 4 is 17.5 Å². The molecule has 1 saturated heterocycles. The maximum atomic E-state index is 13.2. The van der Waals surface area contributed by atoms with Gasteiger partial charge in [-0.25, -0.2) is 0 Å². The summed E-state index contributed by atoms with van der Waals surface area (Å²) in [5.74, 6) is -0.455. The molecule has 0 aromatic heterocycles. The first-order valence-electron chi connectivity index (χ1n) is 11.8. The SMILES string of the molecule is O=C(CCN1CCOCC1)Nc1cccc(CNC(=O)C(c2ccccc2)c2ccccc2)c1. The summed E-state index contributed by atoms with van der Waals surface area (Å²) in [7, 11) is 0. The molecular formula is C28H31N3O3. The lowest BCUT2D eigenvalue weighted by Crippen LogP contribution is -2.38. The van der Waals surface area contributed by atoms with Gasteiger partial charge in [0.05, 0.1) is 19.1 Å². The first kappa shape index (κ1) is 23.7. The highest BCUT2D eigenvalue weighted by molar-refractivity contribution is 5.91. The number of carbonyl (C=O) groups is 2. The standard InChI is InChI=1S/C28H31N3O3/c32-26(14-15-31-16-18-34-19-17-31)30-25-13-7-8-22(20-25)21-29-28(33)27(23-9-3-1-4-10-23)24-11-5-2-6-12-24/h1-13,20,27H,14-19,21H2,(H,29,33)(H,30,32). The number of hydrogen-bond donors (Lipinski definition) is 2. The molecule has 0 atom stereocenters. The number of nitrogens with one attached hydrogen (secondary N) is 2. The van der Waals surface area contributed by atoms with E-state index in [0.717, 1.165) is 55.2 Å². The van der Waals surface area contributed by atoms with E-state index < -0.39 is 0 Å². The Bertz CT molecular complexity index is 1030. The van der Waals surface area contributed by atoms with Gasteiger partial charge in [0, 0.05) is 38.3 Å². The van der Waals surface area contributed by atoms with Crippen molar-refractivity contribution < 1.29 is 14.3 Å². The molecule has 0 unspecified atom stereocenters. The second kappa shape index (κ2) is 12.1. The first-order chi connectivity index (χ1) is 16.7. The Hall–Kier alpha value is -3.48. The third-order valence-electron chi connectivity index (χ3n) is 5.96. The zero-order valence-corrected chi connectivity index (χ0v) is 19.3. The summed E-state index contributed by atoms with van der Waals surface area (Å²) in [6.07, 6.45) is 0.441. The van der Waals surface area contributed by atoms with Crippen LogP contribution < -0.4 is 10.6 Å². The van der Waals surface area contributed by atoms with E-state index in [-0.39, 0.29) is 17.7 Å². The van der Waals surface area contributed by atoms with Crippen LogP contribution >= 0.6 is 0 Å². The molecule has 0 bridgehead atoms. The summed E-state index contributed by atoms with van der Waals surface area (Å²) in [4.78, 5) is 27.9. The molecule has 6 heteroatoms. The first-order valence-corrected chi connectivity index (χ1v) is 11.8. The molecule has 2 amide bonds. The smallest absolute Gasteiger partial charge is 0.232 e. The fraction of sp³-hybridized carbons (Fsp3) is 0.286. The van der Waals surface area contributed by atoms with Gasteiger partial charge in [-0.1, -0.05) is 72.8 Å². The van der Waals surface area contributed by atoms with Crippen LogP contribution in [0.15, 0.2) is 84.9 Å². The number of hydrogen-bond acceptors (Lipinski definition) is 4. The minimum absolute atomic E-state index is 0.0131. The largest absolute Gasteiger partial charge is 0.379 e. The molecule has 1 aliphatic rings. The van der Waals surface area contributed by atoms with Crippen LogP contribution in [0.25, 0.3) is 0 Å². The number of morpholine rings is 1. The molecule has 2 N–H and O–H groups in total. The molecular weight excluding hydrogens is 426 g/mol. The van der Waals surface area contributed by atoms with Crippen molar-refractivity contribution in [3.05, 3.63) is 102 Å². The summed E-state index contributed by atoms with van der Waals surface area (Å²) < 4.78 is 5.35. The molecule has 3 aromatic rings. The summed E-state index contributed by atoms with van der Waals surface area (Å²) in [6, 6.07) is 27.2. The van der Waals surface area contributed by atoms with Gasteiger partial charge in [0.15, 0.2) is 0 Å². The molecule has 0 spiro atoms. The van der Waals surface area contributed by atoms with Gasteiger partial charge in [-0.3, -0.25) is 14.5 Å². The van der Waals surface area contributed by atoms with Crippen molar-refractivity contribution in [2.45, 2.75) is 18.9 Å². The van der Waals surface area contributed by atoms with Crippen LogP contribution in [0, 0.1) is 0 Å². The second-order valence-electron chi connectivity index (χ2n) is 8.42. The molecule has 0 aliphatic carbocycles. The van der Waals surface area contributed by atoms with Gasteiger partial charge in [-0.05, 0) is 28.8 Å². The van der Waals surface area contributed by atoms with Crippen molar-refractivity contribution in [3.63, 3.8) is 0 Å². The average Bonchev–Trinajstić information content (AvgIpc) is 2.89. The molecule has 34 heavy (non-hydrogen) atoms. The fourth-order valence-corrected chi connectivity index (χ4v) is 4.14. The van der Waals surface area contributed by atoms with Crippen LogP contribution in [0.2, 0.25) is 0 Å². The van der Waals surface area contributed by atoms with E-state index in [1.807, 2.05) is 84.9 Å². The topological polar surface area (TPSA) is 70.7 Å². The van der Waals surface area contributed by atoms with Gasteiger partial charge < -0.3 is 15.4 Å². The van der Waals surface area contributed by atoms with E-state index in [0.29, 0.717) is 13.0 Å². The van der Waals surface area contributed by atoms with E-state index in [1.54, 1.807) is 0 Å². The predicted octanol–water partition coefficient (Wildman–Crippen LogP) is 3.80. The van der Waals surface area contributed by atoms with Crippen molar-refractivity contribution in [2.24, 2.45) is 0 Å². The maximum Gasteiger partial charge on any atom is 0.232 e. The highest BCUT2D eigenvalue weighted by Crippen LogP contribution is 2.25. The quantitative estimate of drug-likeness (QED) is 0.513. The van der Waals surface area contributed by atoms with Gasteiger partial charge in [-0.15, -0.1) is 0 Å². The van der Waals surface area contributed by atoms with Crippen molar-refractivity contribution in [3.8, 4) is 0 Å². The summed E-state index contributed by atoms with van der Waals surface area (Å²) in [5.41, 5.74) is 3.57. The monoisotopic (exact) mass is 457 g/mol. The molecule has 1 heterocycles. The normalized spacial score (nSPS) is 14.0. The minimum Gasteiger partial charge on any atom is -0.379 e. The van der Waals surface area contributed by atoms with Crippen LogP contribution in [0.3, 0.4) is 0 Å². The lowest BCUT2D eigenvalue weighted by Gasteiger charge is -2.26. The summed E-state index contributed by atoms with van der Waals surface area (Å²) in [5, 5.41) is 6.05. The highest BCUT2D eigenvalue weighted by atomic mass is 16.5. The fourth-order valence-electron chi connectivity index (χ4n) is 4.14. The van der Waals surface area contributed by atoms with Crippen molar-refractivity contribution in [1.82, 2.24) is 10.2 Å². The van der Waals surface area contributed by atoms with Crippen LogP contribution in [-0.2, 0) is 20.9 Å². The Labute approximate surface area is 200 Å². The number of carbonyl (C=O) groups excluding carboxylic acids is 2. The number of ether oxygens (including phenoxy) is 1. The molecule has 1 fully saturated rings. The van der Waals surface area contributed by atoms with Crippen LogP contribution in [0.5, 0.6) is 0 Å². The Balaban J connectivity index is 1.35. The van der Waals surface area contributed by atoms with Gasteiger partial charge in [0.1, 0.15) is 0 Å². The van der Waals surface area contributed by atoms with E-state index in [1.165, 1.54) is 0 Å². The number of anilines is 1. The number of benzene rings is 3. The zero-order chi connectivity index (χ0) is 23.6. The van der Waals surface area contributed by atoms with Crippen molar-refractivity contribution in [2.75, 3.05) is 38.2 Å². The van der Waals surface area contributed by atoms with E-state index >= 15 is 0 Å². The average molecular weight is 458 g/mol. The Kier molecular flexibility index (Phi) is 8.43. The van der Waals surface area contributed by atoms with E-state index in [9.17, 15) is 9.59 Å². The van der Waals surface area contributed by atoms with Gasteiger partial charge in [-0.2, -0.15) is 0 Å². The van der Waals surface area contributed by atoms with Crippen molar-refractivity contribution in [1.29, 1.82) is 0 Å². The molecule has 6 nitrogen and oxygen atoms in total. The molecule has 176 valence electrons. The van der Waals surface area contributed by atoms with Gasteiger partial charge in [0.25, 0.3) is 0 Å². The third-order valence-corrected chi connectivity index (χ3v) is 5.96. The van der Waals surface area contributed by atoms with E-state index in [4.69, 9.17) is 4.74 Å². The Morgan fingerprint density at radius 3 is 2.15 bits per heavy atom. The molecule has 4 rings (SSSR count). The van der Waals surface area contributed by atoms with Gasteiger partial charge in [0.2, 0.25) is 11.8 Å². The molecule has 0 saturated carbocycles. The third kappa shape index (κ3) is 6.76. The maximum absolute atomic E-state index is 13.2. The lowest BCUT2D eigenvalue weighted by atomic mass is 9.90. The number of nitrogens with zero attached hydrogens (tertiary/aromatic N) is 1. The Morgan fingerprint density at radius 1 is 0.853 bits per heavy atom. The highest BCUT2D eigenvalue weighted by Gasteiger charge is 2.22. The van der Waals surface area contributed by atoms with Gasteiger partial charge >= 0.3 is 0 Å². The molecule has 1 aliphatic heterocycles. The van der Waals surface area contributed by atoms with Crippen LogP contribution in [0.4, 0.5) is 5.69 Å². The van der Waals surface area contributed by atoms with Crippen LogP contribution in [-0.4, -0.2) is 49.6 Å². The van der Waals surface area contributed by atoms with Crippen LogP contribution in [0.1, 0.15) is 29.0 Å². The molecule has 0 radical (unpaired) electrons. The number of rotatable bonds is 9. The lowest BCUT2D eigenvalue weighted by molar-refractivity contribution is -0.122. The predicted molar refractivity (Wildman–Crippen MR) is 134 cm³/mol. The zero-order valence-electron chi connectivity index (χ0n) is 19.3. The molecule has 3 aromatic carbocycles. The van der Waals surface area contributed by atoms with E-state index in [2.05, 4.69) is 15.5 Å². The Morgan fingerprint density at radius 2 is 1.50 bits per heavy atom. The number of amides is 2. The second-order valence-corrected chi connectivity index (χ2v) is 8.42. The minimum atomic E-state index is -0.384.